The van der Waals surface area contributed by atoms with E-state index in [2.05, 4.69) is 12.2 Å². The highest BCUT2D eigenvalue weighted by atomic mass is 16.4. The third-order valence-electron chi connectivity index (χ3n) is 3.75. The second-order valence-electron chi connectivity index (χ2n) is 6.08. The highest BCUT2D eigenvalue weighted by Gasteiger charge is 2.27. The minimum absolute atomic E-state index is 0.0653. The van der Waals surface area contributed by atoms with Gasteiger partial charge in [0.05, 0.1) is 6.42 Å². The van der Waals surface area contributed by atoms with Crippen LogP contribution in [0.15, 0.2) is 0 Å². The molecule has 2 amide bonds. The number of carboxylic acid groups (broad SMARTS) is 1. The van der Waals surface area contributed by atoms with Crippen LogP contribution in [0.1, 0.15) is 52.9 Å². The van der Waals surface area contributed by atoms with Gasteiger partial charge in [-0.1, -0.05) is 13.3 Å². The normalized spacial score (nSPS) is 20.8. The number of carbonyl (C=O) groups is 2. The molecule has 0 aromatic carbocycles. The fourth-order valence-corrected chi connectivity index (χ4v) is 2.57. The fourth-order valence-electron chi connectivity index (χ4n) is 2.57. The number of nitrogens with one attached hydrogen (secondary N) is 1. The molecule has 1 rings (SSSR count). The second-order valence-corrected chi connectivity index (χ2v) is 6.08. The maximum Gasteiger partial charge on any atom is 0.317 e. The Hall–Kier alpha value is -1.26. The van der Waals surface area contributed by atoms with Gasteiger partial charge in [0, 0.05) is 18.6 Å². The van der Waals surface area contributed by atoms with Crippen LogP contribution in [-0.2, 0) is 4.79 Å². The van der Waals surface area contributed by atoms with E-state index in [4.69, 9.17) is 5.11 Å². The van der Waals surface area contributed by atoms with Crippen LogP contribution in [0.2, 0.25) is 0 Å². The molecule has 2 N–H and O–H groups in total. The summed E-state index contributed by atoms with van der Waals surface area (Å²) >= 11 is 0. The summed E-state index contributed by atoms with van der Waals surface area (Å²) in [4.78, 5) is 24.7. The molecule has 1 fully saturated rings. The Labute approximate surface area is 115 Å². The topological polar surface area (TPSA) is 69.6 Å². The molecule has 1 heterocycles. The number of hydrogen-bond acceptors (Lipinski definition) is 2. The summed E-state index contributed by atoms with van der Waals surface area (Å²) in [5, 5.41) is 11.6. The molecule has 0 aromatic heterocycles. The van der Waals surface area contributed by atoms with E-state index in [9.17, 15) is 9.59 Å². The van der Waals surface area contributed by atoms with Crippen LogP contribution in [0.25, 0.3) is 0 Å². The summed E-state index contributed by atoms with van der Waals surface area (Å²) in [6.07, 6.45) is 4.36. The Bertz CT molecular complexity index is 329. The lowest BCUT2D eigenvalue weighted by Crippen LogP contribution is -2.51. The van der Waals surface area contributed by atoms with Crippen LogP contribution >= 0.6 is 0 Å². The van der Waals surface area contributed by atoms with E-state index in [0.717, 1.165) is 25.9 Å². The quantitative estimate of drug-likeness (QED) is 0.824. The van der Waals surface area contributed by atoms with E-state index in [1.165, 1.54) is 12.8 Å². The predicted molar refractivity (Wildman–Crippen MR) is 74.1 cm³/mol. The standard InChI is InChI=1S/C14H26N2O3/c1-4-11-6-5-8-16(9-7-11)13(19)15-14(2,3)10-12(17)18/h11H,4-10H2,1-3H3,(H,15,19)(H,17,18). The first kappa shape index (κ1) is 15.8. The predicted octanol–water partition coefficient (Wildman–Crippen LogP) is 2.46. The average molecular weight is 270 g/mol. The zero-order valence-corrected chi connectivity index (χ0v) is 12.2. The fraction of sp³-hybridized carbons (Fsp3) is 0.857. The largest absolute Gasteiger partial charge is 0.481 e. The van der Waals surface area contributed by atoms with E-state index in [0.29, 0.717) is 5.92 Å². The highest BCUT2D eigenvalue weighted by Crippen LogP contribution is 2.20. The Balaban J connectivity index is 2.51. The smallest absolute Gasteiger partial charge is 0.317 e. The third-order valence-corrected chi connectivity index (χ3v) is 3.75. The maximum absolute atomic E-state index is 12.2. The van der Waals surface area contributed by atoms with E-state index >= 15 is 0 Å². The van der Waals surface area contributed by atoms with Gasteiger partial charge in [0.15, 0.2) is 0 Å². The first-order valence-electron chi connectivity index (χ1n) is 7.13. The maximum atomic E-state index is 12.2. The first-order chi connectivity index (χ1) is 8.84. The second kappa shape index (κ2) is 6.78. The molecular weight excluding hydrogens is 244 g/mol. The van der Waals surface area contributed by atoms with Gasteiger partial charge in [0.1, 0.15) is 0 Å². The number of rotatable bonds is 4. The van der Waals surface area contributed by atoms with Crippen LogP contribution in [0.5, 0.6) is 0 Å². The molecule has 5 heteroatoms. The Kier molecular flexibility index (Phi) is 5.63. The van der Waals surface area contributed by atoms with Crippen LogP contribution in [0.4, 0.5) is 4.79 Å². The first-order valence-corrected chi connectivity index (χ1v) is 7.13. The highest BCUT2D eigenvalue weighted by molar-refractivity contribution is 5.76. The molecular formula is C14H26N2O3. The molecule has 0 saturated carbocycles. The van der Waals surface area contributed by atoms with Gasteiger partial charge in [-0.05, 0) is 39.0 Å². The molecule has 1 aliphatic rings. The van der Waals surface area contributed by atoms with E-state index in [-0.39, 0.29) is 12.5 Å². The minimum Gasteiger partial charge on any atom is -0.481 e. The zero-order chi connectivity index (χ0) is 14.5. The van der Waals surface area contributed by atoms with Gasteiger partial charge in [0.2, 0.25) is 0 Å². The molecule has 1 saturated heterocycles. The minimum atomic E-state index is -0.896. The van der Waals surface area contributed by atoms with Gasteiger partial charge in [-0.25, -0.2) is 4.79 Å². The Morgan fingerprint density at radius 1 is 1.32 bits per heavy atom. The van der Waals surface area contributed by atoms with E-state index in [1.807, 2.05) is 4.90 Å². The van der Waals surface area contributed by atoms with Gasteiger partial charge in [0.25, 0.3) is 0 Å². The van der Waals surface area contributed by atoms with Gasteiger partial charge in [-0.15, -0.1) is 0 Å². The lowest BCUT2D eigenvalue weighted by Gasteiger charge is -2.29. The van der Waals surface area contributed by atoms with Crippen molar-refractivity contribution in [3.8, 4) is 0 Å². The monoisotopic (exact) mass is 270 g/mol. The lowest BCUT2D eigenvalue weighted by molar-refractivity contribution is -0.138. The number of nitrogens with zero attached hydrogens (tertiary/aromatic N) is 1. The summed E-state index contributed by atoms with van der Waals surface area (Å²) in [5.74, 6) is -0.183. The summed E-state index contributed by atoms with van der Waals surface area (Å²) in [7, 11) is 0. The number of aliphatic carboxylic acids is 1. The molecule has 1 unspecified atom stereocenters. The molecule has 110 valence electrons. The van der Waals surface area contributed by atoms with E-state index in [1.54, 1.807) is 13.8 Å². The number of carbonyl (C=O) groups excluding carboxylic acids is 1. The molecule has 1 atom stereocenters. The third kappa shape index (κ3) is 5.49. The van der Waals surface area contributed by atoms with Crippen molar-refractivity contribution in [3.05, 3.63) is 0 Å². The van der Waals surface area contributed by atoms with Crippen LogP contribution in [-0.4, -0.2) is 40.6 Å². The number of urea groups is 1. The number of likely N-dealkylation sites (tertiary alicyclic amines) is 1. The number of carboxylic acids is 1. The van der Waals surface area contributed by atoms with Gasteiger partial charge in [-0.3, -0.25) is 4.79 Å². The zero-order valence-electron chi connectivity index (χ0n) is 12.2. The summed E-state index contributed by atoms with van der Waals surface area (Å²) in [6.45, 7) is 7.22. The number of hydrogen-bond donors (Lipinski definition) is 2. The SMILES string of the molecule is CCC1CCCN(C(=O)NC(C)(C)CC(=O)O)CC1. The van der Waals surface area contributed by atoms with Crippen LogP contribution < -0.4 is 5.32 Å². The summed E-state index contributed by atoms with van der Waals surface area (Å²) in [5.41, 5.74) is -0.709. The Morgan fingerprint density at radius 2 is 2.00 bits per heavy atom. The number of amides is 2. The van der Waals surface area contributed by atoms with Crippen molar-refractivity contribution in [2.75, 3.05) is 13.1 Å². The molecule has 0 aromatic rings. The molecule has 0 aliphatic carbocycles. The molecule has 0 spiro atoms. The van der Waals surface area contributed by atoms with Crippen molar-refractivity contribution in [2.24, 2.45) is 5.92 Å². The lowest BCUT2D eigenvalue weighted by atomic mass is 9.98. The molecule has 0 bridgehead atoms. The summed E-state index contributed by atoms with van der Waals surface area (Å²) < 4.78 is 0. The van der Waals surface area contributed by atoms with Crippen molar-refractivity contribution in [3.63, 3.8) is 0 Å². The van der Waals surface area contributed by atoms with E-state index < -0.39 is 11.5 Å². The van der Waals surface area contributed by atoms with Crippen molar-refractivity contribution < 1.29 is 14.7 Å². The van der Waals surface area contributed by atoms with Gasteiger partial charge in [-0.2, -0.15) is 0 Å². The molecule has 1 aliphatic heterocycles. The summed E-state index contributed by atoms with van der Waals surface area (Å²) in [6, 6.07) is -0.136. The van der Waals surface area contributed by atoms with Crippen molar-refractivity contribution in [1.29, 1.82) is 0 Å². The van der Waals surface area contributed by atoms with Gasteiger partial charge < -0.3 is 15.3 Å². The van der Waals surface area contributed by atoms with Crippen molar-refractivity contribution in [1.82, 2.24) is 10.2 Å². The van der Waals surface area contributed by atoms with Gasteiger partial charge >= 0.3 is 12.0 Å². The average Bonchev–Trinajstić information content (AvgIpc) is 2.51. The van der Waals surface area contributed by atoms with Crippen molar-refractivity contribution >= 4 is 12.0 Å². The Morgan fingerprint density at radius 3 is 2.58 bits per heavy atom. The van der Waals surface area contributed by atoms with Crippen LogP contribution in [0.3, 0.4) is 0 Å². The van der Waals surface area contributed by atoms with Crippen LogP contribution in [0, 0.1) is 5.92 Å². The molecule has 5 nitrogen and oxygen atoms in total. The molecule has 19 heavy (non-hydrogen) atoms. The molecule has 0 radical (unpaired) electrons. The van der Waals surface area contributed by atoms with Crippen molar-refractivity contribution in [2.45, 2.75) is 58.4 Å².